The summed E-state index contributed by atoms with van der Waals surface area (Å²) in [5.74, 6) is -1.70. The predicted molar refractivity (Wildman–Crippen MR) is 325 cm³/mol. The third-order valence-electron chi connectivity index (χ3n) is 11.1. The number of carbonyl (C=O) groups excluding carboxylic acids is 3. The van der Waals surface area contributed by atoms with Crippen molar-refractivity contribution in [3.63, 3.8) is 0 Å². The molecule has 0 bridgehead atoms. The monoisotopic (exact) mass is 1100 g/mol. The molecule has 2 N–H and O–H groups in total. The van der Waals surface area contributed by atoms with Gasteiger partial charge in [0.2, 0.25) is 0 Å². The lowest BCUT2D eigenvalue weighted by molar-refractivity contribution is -0.161. The molecule has 0 saturated heterocycles. The highest BCUT2D eigenvalue weighted by Gasteiger charge is 2.28. The molecule has 0 aliphatic carbocycles. The van der Waals surface area contributed by atoms with Crippen LogP contribution in [0.2, 0.25) is 0 Å². The van der Waals surface area contributed by atoms with E-state index in [1.807, 2.05) is 24.3 Å². The van der Waals surface area contributed by atoms with E-state index in [9.17, 15) is 28.9 Å². The van der Waals surface area contributed by atoms with E-state index >= 15 is 0 Å². The number of rotatable bonds is 51. The molecule has 12 heteroatoms. The molecule has 0 aromatic rings. The van der Waals surface area contributed by atoms with Crippen molar-refractivity contribution in [2.75, 3.05) is 26.4 Å². The van der Waals surface area contributed by atoms with Crippen LogP contribution in [0.3, 0.4) is 0 Å². The van der Waals surface area contributed by atoms with Crippen molar-refractivity contribution in [1.29, 1.82) is 0 Å². The van der Waals surface area contributed by atoms with Crippen LogP contribution < -0.4 is 0 Å². The summed E-state index contributed by atoms with van der Waals surface area (Å²) >= 11 is 0. The number of carbonyl (C=O) groups is 3. The lowest BCUT2D eigenvalue weighted by atomic mass is 10.1. The number of aliphatic hydroxyl groups excluding tert-OH is 1. The molecule has 0 spiro atoms. The molecule has 0 aliphatic rings. The summed E-state index contributed by atoms with van der Waals surface area (Å²) < 4.78 is 39.3. The smallest absolute Gasteiger partial charge is 0.462 e. The Balaban J connectivity index is 4.89. The summed E-state index contributed by atoms with van der Waals surface area (Å²) in [7, 11) is -4.80. The van der Waals surface area contributed by atoms with Gasteiger partial charge in [-0.25, -0.2) is 4.57 Å². The van der Waals surface area contributed by atoms with Gasteiger partial charge in [0.15, 0.2) is 6.10 Å². The molecule has 3 unspecified atom stereocenters. The summed E-state index contributed by atoms with van der Waals surface area (Å²) in [5.41, 5.74) is 0. The Labute approximate surface area is 472 Å². The van der Waals surface area contributed by atoms with E-state index in [1.165, 1.54) is 0 Å². The van der Waals surface area contributed by atoms with E-state index in [1.54, 1.807) is 0 Å². The van der Waals surface area contributed by atoms with Gasteiger partial charge < -0.3 is 24.2 Å². The summed E-state index contributed by atoms with van der Waals surface area (Å²) in [6.45, 7) is 4.08. The average molecular weight is 1100 g/mol. The molecule has 0 aromatic carbocycles. The quantitative estimate of drug-likeness (QED) is 0.0197. The van der Waals surface area contributed by atoms with Crippen LogP contribution in [0.25, 0.3) is 0 Å². The van der Waals surface area contributed by atoms with Crippen molar-refractivity contribution < 1.29 is 52.2 Å². The molecule has 0 heterocycles. The summed E-state index contributed by atoms with van der Waals surface area (Å²) in [5, 5.41) is 9.83. The van der Waals surface area contributed by atoms with Gasteiger partial charge in [0.1, 0.15) is 12.7 Å². The van der Waals surface area contributed by atoms with Gasteiger partial charge in [-0.15, -0.1) is 0 Å². The van der Waals surface area contributed by atoms with Gasteiger partial charge in [0, 0.05) is 19.3 Å². The number of hydrogen-bond acceptors (Lipinski definition) is 10. The molecule has 0 saturated carbocycles. The Morgan fingerprint density at radius 2 is 0.654 bits per heavy atom. The zero-order valence-corrected chi connectivity index (χ0v) is 48.9. The molecule has 3 atom stereocenters. The number of phosphoric acid groups is 1. The van der Waals surface area contributed by atoms with Gasteiger partial charge in [0.05, 0.1) is 19.8 Å². The topological polar surface area (TPSA) is 155 Å². The van der Waals surface area contributed by atoms with Gasteiger partial charge in [0.25, 0.3) is 0 Å². The Kier molecular flexibility index (Phi) is 54.2. The molecule has 0 fully saturated rings. The third-order valence-corrected chi connectivity index (χ3v) is 12.1. The summed E-state index contributed by atoms with van der Waals surface area (Å²) in [6, 6.07) is 0. The fourth-order valence-electron chi connectivity index (χ4n) is 6.86. The van der Waals surface area contributed by atoms with Crippen LogP contribution in [0.1, 0.15) is 188 Å². The summed E-state index contributed by atoms with van der Waals surface area (Å²) in [4.78, 5) is 48.5. The first-order valence-electron chi connectivity index (χ1n) is 29.0. The first-order valence-corrected chi connectivity index (χ1v) is 30.5. The normalized spacial score (nSPS) is 14.6. The molecule has 436 valence electrons. The maximum absolute atomic E-state index is 12.9. The molecule has 78 heavy (non-hydrogen) atoms. The van der Waals surface area contributed by atoms with Crippen LogP contribution in [0.15, 0.2) is 170 Å². The van der Waals surface area contributed by atoms with E-state index in [0.29, 0.717) is 25.7 Å². The SMILES string of the molecule is CC/C=C\C/C=C\C/C=C\C/C=C\C/C=C\C/C=C\CCC(=O)OC(COC(=O)CC/C=C\C/C=C\C/C=C\C/C=C\CC)COP(=O)(O)OCC(CO)OC(=O)CCCCCCCC/C=C\C/C=C\C/C=C\C/C=C\CC. The first-order chi connectivity index (χ1) is 38.2. The number of allylic oxidation sites excluding steroid dienone is 28. The van der Waals surface area contributed by atoms with E-state index in [4.69, 9.17) is 23.3 Å². The van der Waals surface area contributed by atoms with Gasteiger partial charge in [-0.2, -0.15) is 0 Å². The Bertz CT molecular complexity index is 1960. The van der Waals surface area contributed by atoms with Crippen molar-refractivity contribution >= 4 is 25.7 Å². The molecular formula is C66H101O11P. The number of ether oxygens (including phenoxy) is 3. The molecule has 0 aromatic heterocycles. The molecule has 0 amide bonds. The van der Waals surface area contributed by atoms with Crippen LogP contribution in [0.5, 0.6) is 0 Å². The van der Waals surface area contributed by atoms with Crippen LogP contribution >= 0.6 is 7.82 Å². The fraction of sp³-hybridized carbons (Fsp3) is 0.530. The fourth-order valence-corrected chi connectivity index (χ4v) is 7.64. The number of hydrogen-bond donors (Lipinski definition) is 2. The van der Waals surface area contributed by atoms with Crippen LogP contribution in [-0.4, -0.2) is 66.5 Å². The predicted octanol–water partition coefficient (Wildman–Crippen LogP) is 17.5. The zero-order valence-electron chi connectivity index (χ0n) is 48.0. The zero-order chi connectivity index (χ0) is 56.9. The van der Waals surface area contributed by atoms with Gasteiger partial charge in [-0.3, -0.25) is 23.4 Å². The Hall–Kier alpha value is -5.16. The van der Waals surface area contributed by atoms with E-state index in [-0.39, 0.29) is 19.3 Å². The molecule has 11 nitrogen and oxygen atoms in total. The highest BCUT2D eigenvalue weighted by atomic mass is 31.2. The Morgan fingerprint density at radius 1 is 0.359 bits per heavy atom. The van der Waals surface area contributed by atoms with Crippen molar-refractivity contribution in [3.8, 4) is 0 Å². The number of phosphoric ester groups is 1. The molecule has 0 radical (unpaired) electrons. The van der Waals surface area contributed by atoms with Crippen LogP contribution in [0, 0.1) is 0 Å². The van der Waals surface area contributed by atoms with Crippen molar-refractivity contribution in [2.24, 2.45) is 0 Å². The molecule has 0 rings (SSSR count). The standard InChI is InChI=1S/C66H101O11P/c1-4-7-10-13-16-19-22-25-27-29-31-33-35-38-41-44-47-50-53-56-65(69)76-62(58-67)60-74-78(71,72)75-61-63(59-73-64(68)55-52-49-46-43-40-37-24-21-18-15-12-9-6-3)77-66(70)57-54-51-48-45-42-39-36-34-32-30-28-26-23-20-17-14-11-8-5-2/h7-12,16-21,25-28,31-34,37,39-40,42,46,48-49,51,62-63,67H,4-6,13-15,22-24,29-30,35-36,38,41,43-45,47,50,52-61H2,1-3H3,(H,71,72)/b10-7-,11-8-,12-9-,19-16-,20-17-,21-18-,27-25-,28-26-,33-31-,34-32-,40-37-,42-39-,49-46-,51-48-. The number of aliphatic hydroxyl groups is 1. The molecule has 0 aliphatic heterocycles. The number of unbranched alkanes of at least 4 members (excludes halogenated alkanes) is 6. The minimum Gasteiger partial charge on any atom is -0.462 e. The van der Waals surface area contributed by atoms with Crippen LogP contribution in [0.4, 0.5) is 0 Å². The highest BCUT2D eigenvalue weighted by molar-refractivity contribution is 7.47. The van der Waals surface area contributed by atoms with E-state index < -0.39 is 64.4 Å². The average Bonchev–Trinajstić information content (AvgIpc) is 3.43. The second kappa shape index (κ2) is 58.0. The van der Waals surface area contributed by atoms with Crippen molar-refractivity contribution in [3.05, 3.63) is 170 Å². The number of esters is 3. The van der Waals surface area contributed by atoms with E-state index in [0.717, 1.165) is 122 Å². The van der Waals surface area contributed by atoms with Gasteiger partial charge in [-0.1, -0.05) is 217 Å². The third kappa shape index (κ3) is 55.6. The second-order valence-electron chi connectivity index (χ2n) is 18.3. The van der Waals surface area contributed by atoms with Crippen molar-refractivity contribution in [1.82, 2.24) is 0 Å². The lowest BCUT2D eigenvalue weighted by Gasteiger charge is -2.21. The van der Waals surface area contributed by atoms with Gasteiger partial charge in [-0.05, 0) is 122 Å². The maximum Gasteiger partial charge on any atom is 0.472 e. The van der Waals surface area contributed by atoms with Crippen LogP contribution in [-0.2, 0) is 42.2 Å². The maximum atomic E-state index is 12.9. The van der Waals surface area contributed by atoms with Crippen molar-refractivity contribution in [2.45, 2.75) is 200 Å². The largest absolute Gasteiger partial charge is 0.472 e. The lowest BCUT2D eigenvalue weighted by Crippen LogP contribution is -2.30. The Morgan fingerprint density at radius 3 is 1.04 bits per heavy atom. The highest BCUT2D eigenvalue weighted by Crippen LogP contribution is 2.43. The van der Waals surface area contributed by atoms with Gasteiger partial charge >= 0.3 is 25.7 Å². The minimum absolute atomic E-state index is 0.0164. The first kappa shape index (κ1) is 72.8. The summed E-state index contributed by atoms with van der Waals surface area (Å²) in [6.07, 6.45) is 77.7. The second-order valence-corrected chi connectivity index (χ2v) is 19.8. The minimum atomic E-state index is -4.80. The molecular weight excluding hydrogens is 1000 g/mol. The van der Waals surface area contributed by atoms with E-state index in [2.05, 4.69) is 167 Å².